The Kier molecular flexibility index (Phi) is 4.99. The lowest BCUT2D eigenvalue weighted by molar-refractivity contribution is -0.138. The molecule has 3 unspecified atom stereocenters. The number of rotatable bonds is 4. The molecular weight excluding hydrogens is 304 g/mol. The second kappa shape index (κ2) is 7.01. The minimum atomic E-state index is -0.132. The van der Waals surface area contributed by atoms with Gasteiger partial charge in [0.15, 0.2) is 11.5 Å². The largest absolute Gasteiger partial charge is 0.454 e. The van der Waals surface area contributed by atoms with E-state index in [0.717, 1.165) is 30.2 Å². The molecule has 0 aromatic heterocycles. The van der Waals surface area contributed by atoms with Crippen LogP contribution in [0.1, 0.15) is 32.8 Å². The van der Waals surface area contributed by atoms with Gasteiger partial charge in [0, 0.05) is 19.6 Å². The van der Waals surface area contributed by atoms with Gasteiger partial charge in [-0.2, -0.15) is 0 Å². The molecule has 1 aromatic carbocycles. The van der Waals surface area contributed by atoms with Crippen molar-refractivity contribution < 1.29 is 14.3 Å². The predicted molar refractivity (Wildman–Crippen MR) is 93.0 cm³/mol. The number of hydrogen-bond acceptors (Lipinski definition) is 4. The Hall–Kier alpha value is -1.75. The number of hydrogen-bond donors (Lipinski definition) is 0. The van der Waals surface area contributed by atoms with Gasteiger partial charge in [0.25, 0.3) is 0 Å². The van der Waals surface area contributed by atoms with Crippen LogP contribution in [0.2, 0.25) is 0 Å². The first-order valence-corrected chi connectivity index (χ1v) is 8.81. The Morgan fingerprint density at radius 1 is 1.25 bits per heavy atom. The van der Waals surface area contributed by atoms with Crippen molar-refractivity contribution in [2.24, 2.45) is 11.8 Å². The summed E-state index contributed by atoms with van der Waals surface area (Å²) in [6.45, 7) is 9.22. The Labute approximate surface area is 144 Å². The van der Waals surface area contributed by atoms with E-state index in [4.69, 9.17) is 9.47 Å². The van der Waals surface area contributed by atoms with Crippen LogP contribution < -0.4 is 9.47 Å². The molecule has 3 atom stereocenters. The summed E-state index contributed by atoms with van der Waals surface area (Å²) in [5, 5.41) is 0. The van der Waals surface area contributed by atoms with Gasteiger partial charge < -0.3 is 14.4 Å². The van der Waals surface area contributed by atoms with Crippen LogP contribution in [0.15, 0.2) is 18.2 Å². The maximum atomic E-state index is 12.8. The van der Waals surface area contributed by atoms with Gasteiger partial charge in [0.05, 0.1) is 6.04 Å². The van der Waals surface area contributed by atoms with E-state index in [2.05, 4.69) is 18.7 Å². The highest BCUT2D eigenvalue weighted by Gasteiger charge is 2.30. The van der Waals surface area contributed by atoms with Gasteiger partial charge in [0.2, 0.25) is 12.7 Å². The highest BCUT2D eigenvalue weighted by molar-refractivity contribution is 5.81. The summed E-state index contributed by atoms with van der Waals surface area (Å²) in [4.78, 5) is 17.0. The minimum Gasteiger partial charge on any atom is -0.454 e. The van der Waals surface area contributed by atoms with E-state index in [1.807, 2.05) is 37.1 Å². The predicted octanol–water partition coefficient (Wildman–Crippen LogP) is 2.74. The van der Waals surface area contributed by atoms with E-state index < -0.39 is 0 Å². The molecule has 132 valence electrons. The third kappa shape index (κ3) is 3.66. The fraction of sp³-hybridized carbons (Fsp3) is 0.632. The number of benzene rings is 1. The highest BCUT2D eigenvalue weighted by Crippen LogP contribution is 2.33. The van der Waals surface area contributed by atoms with Crippen LogP contribution in [-0.2, 0) is 11.3 Å². The standard InChI is InChI=1S/C19H28N2O3/c1-13-7-14(2)10-21(9-13)19(22)15(3)20(4)11-16-5-6-17-18(8-16)24-12-23-17/h5-6,8,13-15H,7,9-12H2,1-4H3. The lowest BCUT2D eigenvalue weighted by atomic mass is 9.91. The van der Waals surface area contributed by atoms with E-state index >= 15 is 0 Å². The van der Waals surface area contributed by atoms with E-state index in [1.165, 1.54) is 6.42 Å². The zero-order valence-corrected chi connectivity index (χ0v) is 15.1. The van der Waals surface area contributed by atoms with Gasteiger partial charge in [-0.15, -0.1) is 0 Å². The van der Waals surface area contributed by atoms with Gasteiger partial charge in [0.1, 0.15) is 0 Å². The molecule has 5 heteroatoms. The number of amides is 1. The summed E-state index contributed by atoms with van der Waals surface area (Å²) in [5.74, 6) is 2.99. The van der Waals surface area contributed by atoms with Crippen molar-refractivity contribution in [1.29, 1.82) is 0 Å². The van der Waals surface area contributed by atoms with E-state index in [1.54, 1.807) is 0 Å². The molecule has 0 radical (unpaired) electrons. The van der Waals surface area contributed by atoms with Crippen molar-refractivity contribution in [2.45, 2.75) is 39.8 Å². The smallest absolute Gasteiger partial charge is 0.239 e. The van der Waals surface area contributed by atoms with Crippen LogP contribution in [0, 0.1) is 11.8 Å². The number of piperidine rings is 1. The van der Waals surface area contributed by atoms with Crippen molar-refractivity contribution in [2.75, 3.05) is 26.9 Å². The summed E-state index contributed by atoms with van der Waals surface area (Å²) in [6, 6.07) is 5.84. The molecule has 0 spiro atoms. The van der Waals surface area contributed by atoms with Gasteiger partial charge in [-0.3, -0.25) is 9.69 Å². The van der Waals surface area contributed by atoms with Crippen molar-refractivity contribution in [1.82, 2.24) is 9.80 Å². The zero-order chi connectivity index (χ0) is 17.3. The third-order valence-corrected chi connectivity index (χ3v) is 5.07. The first kappa shape index (κ1) is 17.1. The average molecular weight is 332 g/mol. The van der Waals surface area contributed by atoms with Crippen LogP contribution in [0.4, 0.5) is 0 Å². The monoisotopic (exact) mass is 332 g/mol. The molecule has 2 aliphatic heterocycles. The molecule has 1 fully saturated rings. The normalized spacial score (nSPS) is 24.3. The summed E-state index contributed by atoms with van der Waals surface area (Å²) in [5.41, 5.74) is 1.13. The second-order valence-corrected chi connectivity index (χ2v) is 7.47. The van der Waals surface area contributed by atoms with Gasteiger partial charge in [-0.25, -0.2) is 0 Å². The highest BCUT2D eigenvalue weighted by atomic mass is 16.7. The van der Waals surface area contributed by atoms with Crippen LogP contribution in [0.25, 0.3) is 0 Å². The van der Waals surface area contributed by atoms with Crippen molar-refractivity contribution in [3.05, 3.63) is 23.8 Å². The first-order chi connectivity index (χ1) is 11.4. The quantitative estimate of drug-likeness (QED) is 0.850. The molecule has 0 N–H and O–H groups in total. The fourth-order valence-corrected chi connectivity index (χ4v) is 3.76. The molecule has 0 bridgehead atoms. The van der Waals surface area contributed by atoms with Crippen LogP contribution >= 0.6 is 0 Å². The Morgan fingerprint density at radius 3 is 2.62 bits per heavy atom. The van der Waals surface area contributed by atoms with Crippen LogP contribution in [-0.4, -0.2) is 48.7 Å². The van der Waals surface area contributed by atoms with Crippen molar-refractivity contribution >= 4 is 5.91 Å². The number of carbonyl (C=O) groups excluding carboxylic acids is 1. The van der Waals surface area contributed by atoms with Crippen molar-refractivity contribution in [3.8, 4) is 11.5 Å². The van der Waals surface area contributed by atoms with Crippen molar-refractivity contribution in [3.63, 3.8) is 0 Å². The number of nitrogens with zero attached hydrogens (tertiary/aromatic N) is 2. The molecule has 1 aromatic rings. The summed E-state index contributed by atoms with van der Waals surface area (Å²) in [6.07, 6.45) is 1.21. The molecule has 3 rings (SSSR count). The molecule has 1 saturated heterocycles. The summed E-state index contributed by atoms with van der Waals surface area (Å²) >= 11 is 0. The number of carbonyl (C=O) groups is 1. The van der Waals surface area contributed by atoms with E-state index in [-0.39, 0.29) is 18.7 Å². The number of fused-ring (bicyclic) bond motifs is 1. The fourth-order valence-electron chi connectivity index (χ4n) is 3.76. The number of ether oxygens (including phenoxy) is 2. The zero-order valence-electron chi connectivity index (χ0n) is 15.1. The Bertz CT molecular complexity index is 594. The maximum Gasteiger partial charge on any atom is 0.239 e. The van der Waals surface area contributed by atoms with Gasteiger partial charge >= 0.3 is 0 Å². The SMILES string of the molecule is CC1CC(C)CN(C(=O)C(C)N(C)Cc2ccc3c(c2)OCO3)C1. The number of likely N-dealkylation sites (N-methyl/N-ethyl adjacent to an activating group) is 1. The minimum absolute atomic E-state index is 0.132. The molecule has 24 heavy (non-hydrogen) atoms. The van der Waals surface area contributed by atoms with Crippen LogP contribution in [0.3, 0.4) is 0 Å². The van der Waals surface area contributed by atoms with Crippen LogP contribution in [0.5, 0.6) is 11.5 Å². The van der Waals surface area contributed by atoms with E-state index in [9.17, 15) is 4.79 Å². The first-order valence-electron chi connectivity index (χ1n) is 8.81. The van der Waals surface area contributed by atoms with Gasteiger partial charge in [-0.05, 0) is 49.9 Å². The Morgan fingerprint density at radius 2 is 1.92 bits per heavy atom. The lowest BCUT2D eigenvalue weighted by Gasteiger charge is -2.38. The van der Waals surface area contributed by atoms with Gasteiger partial charge in [-0.1, -0.05) is 19.9 Å². The summed E-state index contributed by atoms with van der Waals surface area (Å²) in [7, 11) is 2.00. The lowest BCUT2D eigenvalue weighted by Crippen LogP contribution is -2.50. The Balaban J connectivity index is 1.61. The summed E-state index contributed by atoms with van der Waals surface area (Å²) < 4.78 is 10.8. The molecular formula is C19H28N2O3. The molecule has 0 aliphatic carbocycles. The van der Waals surface area contributed by atoms with E-state index in [0.29, 0.717) is 18.4 Å². The molecule has 1 amide bonds. The third-order valence-electron chi connectivity index (χ3n) is 5.07. The average Bonchev–Trinajstić information content (AvgIpc) is 3.00. The molecule has 2 heterocycles. The topological polar surface area (TPSA) is 42.0 Å². The number of likely N-dealkylation sites (tertiary alicyclic amines) is 1. The molecule has 0 saturated carbocycles. The second-order valence-electron chi connectivity index (χ2n) is 7.47. The molecule has 2 aliphatic rings. The molecule has 5 nitrogen and oxygen atoms in total. The maximum absolute atomic E-state index is 12.8.